The Bertz CT molecular complexity index is 452. The summed E-state index contributed by atoms with van der Waals surface area (Å²) in [6.45, 7) is 1.83. The molecule has 1 aliphatic heterocycles. The van der Waals surface area contributed by atoms with Crippen molar-refractivity contribution in [2.75, 3.05) is 11.5 Å². The Balaban J connectivity index is 2.33. The zero-order chi connectivity index (χ0) is 12.6. The zero-order valence-electron chi connectivity index (χ0n) is 9.36. The molecule has 5 heteroatoms. The van der Waals surface area contributed by atoms with Gasteiger partial charge in [-0.25, -0.2) is 4.39 Å². The zero-order valence-corrected chi connectivity index (χ0v) is 10.1. The molecule has 1 saturated heterocycles. The van der Waals surface area contributed by atoms with Crippen molar-refractivity contribution in [2.24, 2.45) is 5.92 Å². The van der Waals surface area contributed by atoms with Crippen LogP contribution in [0.2, 0.25) is 5.02 Å². The van der Waals surface area contributed by atoms with Crippen molar-refractivity contribution < 1.29 is 14.3 Å². The maximum absolute atomic E-state index is 13.0. The van der Waals surface area contributed by atoms with E-state index >= 15 is 0 Å². The number of anilines is 1. The SMILES string of the molecule is CC1C(CO)CC(=O)N1c1ccc(F)c(Cl)c1. The van der Waals surface area contributed by atoms with E-state index in [9.17, 15) is 9.18 Å². The minimum Gasteiger partial charge on any atom is -0.396 e. The van der Waals surface area contributed by atoms with Crippen LogP contribution in [-0.4, -0.2) is 23.7 Å². The Hall–Kier alpha value is -1.13. The third kappa shape index (κ3) is 2.15. The van der Waals surface area contributed by atoms with Crippen LogP contribution in [0.3, 0.4) is 0 Å². The van der Waals surface area contributed by atoms with Gasteiger partial charge in [-0.05, 0) is 25.1 Å². The number of benzene rings is 1. The van der Waals surface area contributed by atoms with Crippen molar-refractivity contribution in [1.82, 2.24) is 0 Å². The molecule has 0 spiro atoms. The number of carbonyl (C=O) groups is 1. The van der Waals surface area contributed by atoms with Gasteiger partial charge in [0, 0.05) is 30.7 Å². The molecule has 1 aliphatic rings. The number of hydrogen-bond acceptors (Lipinski definition) is 2. The lowest BCUT2D eigenvalue weighted by Gasteiger charge is -2.24. The number of nitrogens with zero attached hydrogens (tertiary/aromatic N) is 1. The molecule has 2 atom stereocenters. The molecule has 2 unspecified atom stereocenters. The number of rotatable bonds is 2. The van der Waals surface area contributed by atoms with Crippen LogP contribution in [0, 0.1) is 11.7 Å². The second-order valence-electron chi connectivity index (χ2n) is 4.25. The van der Waals surface area contributed by atoms with Crippen LogP contribution in [0.4, 0.5) is 10.1 Å². The Kier molecular flexibility index (Phi) is 3.35. The van der Waals surface area contributed by atoms with Gasteiger partial charge in [0.05, 0.1) is 5.02 Å². The molecule has 0 radical (unpaired) electrons. The van der Waals surface area contributed by atoms with Crippen molar-refractivity contribution in [3.8, 4) is 0 Å². The molecule has 92 valence electrons. The summed E-state index contributed by atoms with van der Waals surface area (Å²) in [5.41, 5.74) is 0.574. The minimum absolute atomic E-state index is 0.00468. The van der Waals surface area contributed by atoms with Gasteiger partial charge in [0.25, 0.3) is 0 Å². The summed E-state index contributed by atoms with van der Waals surface area (Å²) in [5, 5.41) is 9.15. The Morgan fingerprint density at radius 2 is 2.29 bits per heavy atom. The first-order valence-electron chi connectivity index (χ1n) is 5.42. The van der Waals surface area contributed by atoms with E-state index in [2.05, 4.69) is 0 Å². The predicted octanol–water partition coefficient (Wildman–Crippen LogP) is 2.21. The van der Waals surface area contributed by atoms with Crippen LogP contribution in [0.5, 0.6) is 0 Å². The smallest absolute Gasteiger partial charge is 0.227 e. The maximum Gasteiger partial charge on any atom is 0.227 e. The first-order valence-corrected chi connectivity index (χ1v) is 5.80. The van der Waals surface area contributed by atoms with Crippen LogP contribution < -0.4 is 4.90 Å². The average molecular weight is 258 g/mol. The Labute approximate surface area is 104 Å². The number of amides is 1. The quantitative estimate of drug-likeness (QED) is 0.883. The summed E-state index contributed by atoms with van der Waals surface area (Å²) < 4.78 is 13.0. The fraction of sp³-hybridized carbons (Fsp3) is 0.417. The lowest BCUT2D eigenvalue weighted by Crippen LogP contribution is -2.33. The number of carbonyl (C=O) groups excluding carboxylic acids is 1. The van der Waals surface area contributed by atoms with Gasteiger partial charge in [0.1, 0.15) is 5.82 Å². The summed E-state index contributed by atoms with van der Waals surface area (Å²) in [4.78, 5) is 13.4. The molecule has 1 fully saturated rings. The predicted molar refractivity (Wildman–Crippen MR) is 63.6 cm³/mol. The van der Waals surface area contributed by atoms with E-state index in [0.717, 1.165) is 0 Å². The second kappa shape index (κ2) is 4.63. The summed E-state index contributed by atoms with van der Waals surface area (Å²) in [6.07, 6.45) is 0.312. The van der Waals surface area contributed by atoms with Gasteiger partial charge in [-0.15, -0.1) is 0 Å². The molecule has 0 saturated carbocycles. The van der Waals surface area contributed by atoms with E-state index < -0.39 is 5.82 Å². The molecule has 2 rings (SSSR count). The van der Waals surface area contributed by atoms with Crippen molar-refractivity contribution >= 4 is 23.2 Å². The van der Waals surface area contributed by atoms with E-state index in [4.69, 9.17) is 16.7 Å². The molecule has 0 bridgehead atoms. The largest absolute Gasteiger partial charge is 0.396 e. The highest BCUT2D eigenvalue weighted by Gasteiger charge is 2.37. The van der Waals surface area contributed by atoms with Crippen LogP contribution in [-0.2, 0) is 4.79 Å². The van der Waals surface area contributed by atoms with Gasteiger partial charge in [0.2, 0.25) is 5.91 Å². The van der Waals surface area contributed by atoms with Gasteiger partial charge in [-0.2, -0.15) is 0 Å². The number of aliphatic hydroxyl groups is 1. The van der Waals surface area contributed by atoms with E-state index in [-0.39, 0.29) is 29.5 Å². The number of aliphatic hydroxyl groups excluding tert-OH is 1. The highest BCUT2D eigenvalue weighted by molar-refractivity contribution is 6.31. The van der Waals surface area contributed by atoms with Gasteiger partial charge < -0.3 is 10.0 Å². The fourth-order valence-corrected chi connectivity index (χ4v) is 2.34. The Morgan fingerprint density at radius 3 is 2.82 bits per heavy atom. The van der Waals surface area contributed by atoms with Crippen LogP contribution in [0.1, 0.15) is 13.3 Å². The molecule has 1 N–H and O–H groups in total. The van der Waals surface area contributed by atoms with Gasteiger partial charge >= 0.3 is 0 Å². The highest BCUT2D eigenvalue weighted by atomic mass is 35.5. The highest BCUT2D eigenvalue weighted by Crippen LogP contribution is 2.32. The van der Waals surface area contributed by atoms with E-state index in [1.807, 2.05) is 6.92 Å². The lowest BCUT2D eigenvalue weighted by atomic mass is 10.0. The molecule has 1 aromatic carbocycles. The minimum atomic E-state index is -0.506. The van der Waals surface area contributed by atoms with E-state index in [1.54, 1.807) is 4.90 Å². The van der Waals surface area contributed by atoms with Gasteiger partial charge in [0.15, 0.2) is 0 Å². The first-order chi connectivity index (χ1) is 8.04. The Morgan fingerprint density at radius 1 is 1.59 bits per heavy atom. The summed E-state index contributed by atoms with van der Waals surface area (Å²) in [7, 11) is 0. The molecule has 0 aliphatic carbocycles. The van der Waals surface area contributed by atoms with Crippen molar-refractivity contribution in [3.05, 3.63) is 29.0 Å². The molecule has 3 nitrogen and oxygen atoms in total. The maximum atomic E-state index is 13.0. The van der Waals surface area contributed by atoms with E-state index in [1.165, 1.54) is 18.2 Å². The second-order valence-corrected chi connectivity index (χ2v) is 4.66. The molecule has 17 heavy (non-hydrogen) atoms. The molecular weight excluding hydrogens is 245 g/mol. The number of halogens is 2. The normalized spacial score (nSPS) is 24.5. The van der Waals surface area contributed by atoms with Crippen molar-refractivity contribution in [1.29, 1.82) is 0 Å². The topological polar surface area (TPSA) is 40.5 Å². The molecule has 0 aromatic heterocycles. The lowest BCUT2D eigenvalue weighted by molar-refractivity contribution is -0.117. The van der Waals surface area contributed by atoms with Crippen LogP contribution in [0.25, 0.3) is 0 Å². The van der Waals surface area contributed by atoms with Crippen molar-refractivity contribution in [2.45, 2.75) is 19.4 Å². The van der Waals surface area contributed by atoms with Crippen LogP contribution >= 0.6 is 11.6 Å². The molecule has 1 heterocycles. The summed E-state index contributed by atoms with van der Waals surface area (Å²) in [5.74, 6) is -0.654. The first kappa shape index (κ1) is 12.3. The molecule has 1 amide bonds. The third-order valence-corrected chi connectivity index (χ3v) is 3.50. The fourth-order valence-electron chi connectivity index (χ4n) is 2.16. The van der Waals surface area contributed by atoms with Crippen molar-refractivity contribution in [3.63, 3.8) is 0 Å². The average Bonchev–Trinajstić information content (AvgIpc) is 2.58. The third-order valence-electron chi connectivity index (χ3n) is 3.21. The van der Waals surface area contributed by atoms with Gasteiger partial charge in [-0.3, -0.25) is 4.79 Å². The van der Waals surface area contributed by atoms with Crippen LogP contribution in [0.15, 0.2) is 18.2 Å². The standard InChI is InChI=1S/C12H13ClFNO2/c1-7-8(6-16)4-12(17)15(7)9-2-3-11(14)10(13)5-9/h2-3,5,7-8,16H,4,6H2,1H3. The summed E-state index contributed by atoms with van der Waals surface area (Å²) >= 11 is 5.70. The number of hydrogen-bond donors (Lipinski definition) is 1. The van der Waals surface area contributed by atoms with Gasteiger partial charge in [-0.1, -0.05) is 11.6 Å². The monoisotopic (exact) mass is 257 g/mol. The summed E-state index contributed by atoms with van der Waals surface area (Å²) in [6, 6.07) is 4.10. The van der Waals surface area contributed by atoms with E-state index in [0.29, 0.717) is 12.1 Å². The molecular formula is C12H13ClFNO2. The molecule has 1 aromatic rings.